The summed E-state index contributed by atoms with van der Waals surface area (Å²) in [6, 6.07) is 10.1. The van der Waals surface area contributed by atoms with Crippen molar-refractivity contribution < 1.29 is 27.1 Å². The summed E-state index contributed by atoms with van der Waals surface area (Å²) in [4.78, 5) is 23.9. The number of halogens is 4. The Balaban J connectivity index is 1.42. The van der Waals surface area contributed by atoms with E-state index < -0.39 is 40.2 Å². The van der Waals surface area contributed by atoms with Crippen LogP contribution in [0.2, 0.25) is 0 Å². The molecule has 1 atom stereocenters. The zero-order valence-corrected chi connectivity index (χ0v) is 20.7. The van der Waals surface area contributed by atoms with Gasteiger partial charge in [-0.1, -0.05) is 0 Å². The van der Waals surface area contributed by atoms with Crippen LogP contribution >= 0.6 is 12.6 Å². The van der Waals surface area contributed by atoms with Crippen LogP contribution in [0.15, 0.2) is 55.0 Å². The van der Waals surface area contributed by atoms with Gasteiger partial charge in [0.2, 0.25) is 0 Å². The Bertz CT molecular complexity index is 1410. The monoisotopic (exact) mass is 543 g/mol. The fraction of sp³-hybridized carbons (Fsp3) is 0.308. The summed E-state index contributed by atoms with van der Waals surface area (Å²) in [5.74, 6) is -1.06. The number of carbonyl (C=O) groups is 1. The molecule has 38 heavy (non-hydrogen) atoms. The summed E-state index contributed by atoms with van der Waals surface area (Å²) in [6.45, 7) is 0.239. The number of amides is 1. The highest BCUT2D eigenvalue weighted by atomic mass is 32.1. The fourth-order valence-corrected chi connectivity index (χ4v) is 5.43. The number of aromatic nitrogens is 2. The molecule has 2 aromatic heterocycles. The van der Waals surface area contributed by atoms with Crippen LogP contribution in [0, 0.1) is 17.1 Å². The van der Waals surface area contributed by atoms with Crippen LogP contribution in [0.1, 0.15) is 36.1 Å². The van der Waals surface area contributed by atoms with Gasteiger partial charge in [0.15, 0.2) is 22.8 Å². The number of thiol groups is 1. The topological polar surface area (TPSA) is 82.4 Å². The van der Waals surface area contributed by atoms with Gasteiger partial charge in [-0.3, -0.25) is 14.7 Å². The van der Waals surface area contributed by atoms with Crippen molar-refractivity contribution in [3.8, 4) is 11.8 Å². The molecular weight excluding hydrogens is 522 g/mol. The van der Waals surface area contributed by atoms with E-state index in [0.29, 0.717) is 31.4 Å². The molecule has 1 saturated heterocycles. The lowest BCUT2D eigenvalue weighted by atomic mass is 9.75. The first kappa shape index (κ1) is 25.8. The van der Waals surface area contributed by atoms with Crippen LogP contribution in [0.5, 0.6) is 5.75 Å². The van der Waals surface area contributed by atoms with Gasteiger partial charge >= 0.3 is 6.18 Å². The first-order valence-electron chi connectivity index (χ1n) is 11.8. The van der Waals surface area contributed by atoms with E-state index in [1.54, 1.807) is 23.4 Å². The van der Waals surface area contributed by atoms with E-state index in [0.717, 1.165) is 22.7 Å². The van der Waals surface area contributed by atoms with Gasteiger partial charge in [0, 0.05) is 30.6 Å². The largest absolute Gasteiger partial charge is 0.490 e. The molecule has 3 heterocycles. The predicted molar refractivity (Wildman–Crippen MR) is 133 cm³/mol. The van der Waals surface area contributed by atoms with Crippen LogP contribution in [-0.2, 0) is 17.4 Å². The van der Waals surface area contributed by atoms with Crippen molar-refractivity contribution >= 4 is 29.9 Å². The molecule has 1 aliphatic carbocycles. The fourth-order valence-electron chi connectivity index (χ4n) is 4.84. The molecule has 3 aromatic rings. The van der Waals surface area contributed by atoms with E-state index in [1.807, 2.05) is 12.1 Å². The maximum atomic E-state index is 15.1. The predicted octanol–water partition coefficient (Wildman–Crippen LogP) is 5.12. The third-order valence-corrected chi connectivity index (χ3v) is 7.34. The lowest BCUT2D eigenvalue weighted by molar-refractivity contribution is -0.138. The standard InChI is InChI=1S/C26H21F4N5O2S/c27-20-13-17(2-3-22(20)37-11-6-16-4-9-32-10-5-16)35-24(38)34(23(36)25(35)7-1-8-25)18-12-19(26(28,29)30)21(14-31)33-15-18/h2-5,9-10,12-13,15,24,38H,1,6-8,11H2. The highest BCUT2D eigenvalue weighted by Crippen LogP contribution is 2.50. The summed E-state index contributed by atoms with van der Waals surface area (Å²) in [5, 5.41) is 9.06. The van der Waals surface area contributed by atoms with Gasteiger partial charge in [0.1, 0.15) is 11.6 Å². The molecule has 7 nitrogen and oxygen atoms in total. The molecule has 1 aromatic carbocycles. The summed E-state index contributed by atoms with van der Waals surface area (Å²) >= 11 is 4.58. The van der Waals surface area contributed by atoms with E-state index >= 15 is 4.39 Å². The Morgan fingerprint density at radius 2 is 1.89 bits per heavy atom. The summed E-state index contributed by atoms with van der Waals surface area (Å²) < 4.78 is 61.3. The molecular formula is C26H21F4N5O2S. The van der Waals surface area contributed by atoms with Gasteiger partial charge in [-0.2, -0.15) is 18.4 Å². The molecule has 1 spiro atoms. The van der Waals surface area contributed by atoms with Crippen LogP contribution < -0.4 is 14.5 Å². The van der Waals surface area contributed by atoms with E-state index in [-0.39, 0.29) is 18.0 Å². The van der Waals surface area contributed by atoms with Gasteiger partial charge in [-0.15, -0.1) is 12.6 Å². The molecule has 196 valence electrons. The minimum absolute atomic E-state index is 0.0367. The molecule has 1 aliphatic heterocycles. The summed E-state index contributed by atoms with van der Waals surface area (Å²) in [5.41, 5.74) is -2.95. The number of rotatable bonds is 6. The zero-order valence-electron chi connectivity index (χ0n) is 19.8. The van der Waals surface area contributed by atoms with Crippen molar-refractivity contribution in [1.82, 2.24) is 9.97 Å². The number of anilines is 2. The number of ether oxygens (including phenoxy) is 1. The first-order chi connectivity index (χ1) is 18.2. The number of hydrogen-bond donors (Lipinski definition) is 1. The second kappa shape index (κ2) is 9.79. The second-order valence-electron chi connectivity index (χ2n) is 9.04. The van der Waals surface area contributed by atoms with Crippen LogP contribution in [-0.4, -0.2) is 33.5 Å². The summed E-state index contributed by atoms with van der Waals surface area (Å²) in [6.07, 6.45) is 1.66. The SMILES string of the molecule is N#Cc1ncc(N2C(=O)C3(CCC3)N(c3ccc(OCCc4ccncc4)c(F)c3)C2S)cc1C(F)(F)F. The van der Waals surface area contributed by atoms with Crippen LogP contribution in [0.25, 0.3) is 0 Å². The first-order valence-corrected chi connectivity index (χ1v) is 12.3. The molecule has 0 N–H and O–H groups in total. The summed E-state index contributed by atoms with van der Waals surface area (Å²) in [7, 11) is 0. The molecule has 5 rings (SSSR count). The number of nitrogens with zero attached hydrogens (tertiary/aromatic N) is 5. The van der Waals surface area contributed by atoms with Crippen molar-refractivity contribution in [2.24, 2.45) is 0 Å². The van der Waals surface area contributed by atoms with Gasteiger partial charge < -0.3 is 9.64 Å². The second-order valence-corrected chi connectivity index (χ2v) is 9.51. The lowest BCUT2D eigenvalue weighted by Crippen LogP contribution is -2.55. The molecule has 2 aliphatic rings. The Morgan fingerprint density at radius 1 is 1.16 bits per heavy atom. The smallest absolute Gasteiger partial charge is 0.419 e. The zero-order chi connectivity index (χ0) is 27.1. The molecule has 1 amide bonds. The third kappa shape index (κ3) is 4.41. The minimum Gasteiger partial charge on any atom is -0.490 e. The van der Waals surface area contributed by atoms with E-state index in [4.69, 9.17) is 10.00 Å². The van der Waals surface area contributed by atoms with E-state index in [2.05, 4.69) is 22.6 Å². The Morgan fingerprint density at radius 3 is 2.50 bits per heavy atom. The van der Waals surface area contributed by atoms with Crippen molar-refractivity contribution in [2.45, 2.75) is 42.9 Å². The molecule has 1 saturated carbocycles. The van der Waals surface area contributed by atoms with Gasteiger partial charge in [0.25, 0.3) is 5.91 Å². The number of alkyl halides is 3. The molecule has 0 bridgehead atoms. The number of nitriles is 1. The van der Waals surface area contributed by atoms with Gasteiger partial charge in [0.05, 0.1) is 24.1 Å². The lowest BCUT2D eigenvalue weighted by Gasteiger charge is -2.44. The van der Waals surface area contributed by atoms with Gasteiger partial charge in [-0.05, 0) is 55.2 Å². The number of pyridine rings is 2. The van der Waals surface area contributed by atoms with Crippen LogP contribution in [0.4, 0.5) is 28.9 Å². The Labute approximate surface area is 221 Å². The van der Waals surface area contributed by atoms with Crippen LogP contribution in [0.3, 0.4) is 0 Å². The van der Waals surface area contributed by atoms with E-state index in [1.165, 1.54) is 18.2 Å². The third-order valence-electron chi connectivity index (χ3n) is 6.87. The highest BCUT2D eigenvalue weighted by Gasteiger charge is 2.60. The minimum atomic E-state index is -4.84. The Hall–Kier alpha value is -3.85. The molecule has 0 radical (unpaired) electrons. The maximum absolute atomic E-state index is 15.1. The van der Waals surface area contributed by atoms with E-state index in [9.17, 15) is 18.0 Å². The molecule has 1 unspecified atom stereocenters. The van der Waals surface area contributed by atoms with Crippen molar-refractivity contribution in [1.29, 1.82) is 5.26 Å². The van der Waals surface area contributed by atoms with Crippen molar-refractivity contribution in [3.05, 3.63) is 77.6 Å². The quantitative estimate of drug-likeness (QED) is 0.344. The van der Waals surface area contributed by atoms with Crippen molar-refractivity contribution in [2.75, 3.05) is 16.4 Å². The maximum Gasteiger partial charge on any atom is 0.419 e. The number of benzene rings is 1. The normalized spacial score (nSPS) is 18.4. The average Bonchev–Trinajstić information content (AvgIpc) is 3.11. The molecule has 12 heteroatoms. The Kier molecular flexibility index (Phi) is 6.65. The molecule has 2 fully saturated rings. The average molecular weight is 544 g/mol. The highest BCUT2D eigenvalue weighted by molar-refractivity contribution is 7.81. The number of hydrogen-bond acceptors (Lipinski definition) is 7. The van der Waals surface area contributed by atoms with Gasteiger partial charge in [-0.25, -0.2) is 9.37 Å². The number of carbonyl (C=O) groups excluding carboxylic acids is 1. The van der Waals surface area contributed by atoms with Crippen molar-refractivity contribution in [3.63, 3.8) is 0 Å².